The molecule has 8 nitrogen and oxygen atoms in total. The predicted octanol–water partition coefficient (Wildman–Crippen LogP) is 1.97. The van der Waals surface area contributed by atoms with E-state index in [1.807, 2.05) is 0 Å². The number of benzene rings is 2. The van der Waals surface area contributed by atoms with E-state index in [9.17, 15) is 23.4 Å². The largest absolute Gasteiger partial charge is 0.504 e. The molecule has 0 heterocycles. The third-order valence-electron chi connectivity index (χ3n) is 3.19. The Morgan fingerprint density at radius 1 is 1.00 bits per heavy atom. The summed E-state index contributed by atoms with van der Waals surface area (Å²) in [6.07, 6.45) is 5.13. The van der Waals surface area contributed by atoms with E-state index in [0.29, 0.717) is 0 Å². The van der Waals surface area contributed by atoms with E-state index in [0.717, 1.165) is 18.2 Å². The van der Waals surface area contributed by atoms with Crippen LogP contribution in [0, 0.1) is 0 Å². The Labute approximate surface area is 149 Å². The summed E-state index contributed by atoms with van der Waals surface area (Å²) in [5.74, 6) is -1.68. The van der Waals surface area contributed by atoms with E-state index in [4.69, 9.17) is 5.21 Å². The smallest absolute Gasteiger partial charge is 0.267 e. The Hall–Kier alpha value is -3.30. The van der Waals surface area contributed by atoms with Crippen molar-refractivity contribution in [1.82, 2.24) is 5.48 Å². The molecule has 2 aromatic rings. The van der Waals surface area contributed by atoms with Gasteiger partial charge in [0.05, 0.1) is 10.6 Å². The number of nitrogens with one attached hydrogen (secondary N) is 2. The van der Waals surface area contributed by atoms with Gasteiger partial charge in [-0.15, -0.1) is 0 Å². The summed E-state index contributed by atoms with van der Waals surface area (Å²) in [6.45, 7) is 0. The molecule has 0 radical (unpaired) electrons. The second kappa shape index (κ2) is 8.19. The molecular formula is C17H16N2O6S. The Bertz CT molecular complexity index is 953. The van der Waals surface area contributed by atoms with Gasteiger partial charge in [-0.2, -0.15) is 0 Å². The van der Waals surface area contributed by atoms with E-state index in [1.54, 1.807) is 18.2 Å². The van der Waals surface area contributed by atoms with E-state index >= 15 is 0 Å². The SMILES string of the molecule is O=C(C=CC=Cc1cc(O)c(O)cc1NS(=O)(=O)c1ccccc1)NO. The minimum atomic E-state index is -3.91. The molecule has 9 heteroatoms. The van der Waals surface area contributed by atoms with Gasteiger partial charge >= 0.3 is 0 Å². The first-order valence-electron chi connectivity index (χ1n) is 7.26. The molecule has 0 aliphatic carbocycles. The highest BCUT2D eigenvalue weighted by Gasteiger charge is 2.16. The van der Waals surface area contributed by atoms with Crippen LogP contribution in [-0.2, 0) is 14.8 Å². The highest BCUT2D eigenvalue weighted by Crippen LogP contribution is 2.33. The van der Waals surface area contributed by atoms with Crippen LogP contribution in [-0.4, -0.2) is 29.7 Å². The van der Waals surface area contributed by atoms with Crippen LogP contribution in [0.25, 0.3) is 6.08 Å². The van der Waals surface area contributed by atoms with Crippen LogP contribution in [0.1, 0.15) is 5.56 Å². The van der Waals surface area contributed by atoms with Gasteiger partial charge in [-0.25, -0.2) is 13.9 Å². The fourth-order valence-electron chi connectivity index (χ4n) is 1.96. The number of amides is 1. The monoisotopic (exact) mass is 376 g/mol. The standard InChI is InChI=1S/C17H16N2O6S/c20-15-10-12(6-4-5-9-17(22)18-23)14(11-16(15)21)19-26(24,25)13-7-2-1-3-8-13/h1-11,19-21,23H,(H,18,22). The maximum Gasteiger partial charge on any atom is 0.267 e. The zero-order valence-electron chi connectivity index (χ0n) is 13.3. The molecule has 2 aromatic carbocycles. The molecular weight excluding hydrogens is 360 g/mol. The van der Waals surface area contributed by atoms with Gasteiger partial charge in [-0.05, 0) is 18.2 Å². The highest BCUT2D eigenvalue weighted by atomic mass is 32.2. The van der Waals surface area contributed by atoms with Gasteiger partial charge in [0.2, 0.25) is 0 Å². The molecule has 0 aromatic heterocycles. The third kappa shape index (κ3) is 4.85. The number of hydrogen-bond donors (Lipinski definition) is 5. The topological polar surface area (TPSA) is 136 Å². The molecule has 0 spiro atoms. The van der Waals surface area contributed by atoms with E-state index in [1.165, 1.54) is 35.8 Å². The van der Waals surface area contributed by atoms with Crippen molar-refractivity contribution < 1.29 is 28.6 Å². The molecule has 136 valence electrons. The molecule has 0 atom stereocenters. The Morgan fingerprint density at radius 2 is 1.65 bits per heavy atom. The lowest BCUT2D eigenvalue weighted by Gasteiger charge is -2.12. The van der Waals surface area contributed by atoms with E-state index in [2.05, 4.69) is 4.72 Å². The lowest BCUT2D eigenvalue weighted by molar-refractivity contribution is -0.124. The first-order chi connectivity index (χ1) is 12.3. The molecule has 1 amide bonds. The average Bonchev–Trinajstić information content (AvgIpc) is 2.62. The quantitative estimate of drug-likeness (QED) is 0.131. The summed E-state index contributed by atoms with van der Waals surface area (Å²) in [5, 5.41) is 27.7. The summed E-state index contributed by atoms with van der Waals surface area (Å²) in [5.41, 5.74) is 1.69. The van der Waals surface area contributed by atoms with Crippen LogP contribution in [0.5, 0.6) is 11.5 Å². The van der Waals surface area contributed by atoms with E-state index < -0.39 is 27.4 Å². The summed E-state index contributed by atoms with van der Waals surface area (Å²) in [6, 6.07) is 9.87. The molecule has 0 unspecified atom stereocenters. The van der Waals surface area contributed by atoms with Gasteiger partial charge in [0.1, 0.15) is 0 Å². The van der Waals surface area contributed by atoms with Gasteiger partial charge in [0.15, 0.2) is 11.5 Å². The van der Waals surface area contributed by atoms with Gasteiger partial charge in [0, 0.05) is 17.7 Å². The van der Waals surface area contributed by atoms with Crippen molar-refractivity contribution in [2.45, 2.75) is 4.90 Å². The van der Waals surface area contributed by atoms with Crippen molar-refractivity contribution in [2.75, 3.05) is 4.72 Å². The number of carbonyl (C=O) groups is 1. The van der Waals surface area contributed by atoms with Gasteiger partial charge in [-0.1, -0.05) is 36.4 Å². The third-order valence-corrected chi connectivity index (χ3v) is 4.57. The number of carbonyl (C=O) groups excluding carboxylic acids is 1. The number of anilines is 1. The Balaban J connectivity index is 2.36. The molecule has 26 heavy (non-hydrogen) atoms. The van der Waals surface area contributed by atoms with Gasteiger partial charge in [0.25, 0.3) is 15.9 Å². The summed E-state index contributed by atoms with van der Waals surface area (Å²) < 4.78 is 27.2. The number of sulfonamides is 1. The normalized spacial score (nSPS) is 11.7. The number of hydrogen-bond acceptors (Lipinski definition) is 6. The molecule has 0 aliphatic rings. The summed E-state index contributed by atoms with van der Waals surface area (Å²) in [7, 11) is -3.91. The van der Waals surface area contributed by atoms with Crippen LogP contribution in [0.15, 0.2) is 65.6 Å². The first kappa shape index (κ1) is 19.0. The molecule has 0 saturated heterocycles. The number of phenols is 2. The molecule has 5 N–H and O–H groups in total. The summed E-state index contributed by atoms with van der Waals surface area (Å²) in [4.78, 5) is 10.9. The highest BCUT2D eigenvalue weighted by molar-refractivity contribution is 7.92. The second-order valence-electron chi connectivity index (χ2n) is 5.04. The van der Waals surface area contributed by atoms with Crippen molar-refractivity contribution >= 4 is 27.7 Å². The van der Waals surface area contributed by atoms with E-state index in [-0.39, 0.29) is 16.1 Å². The van der Waals surface area contributed by atoms with Crippen molar-refractivity contribution in [3.63, 3.8) is 0 Å². The van der Waals surface area contributed by atoms with Crippen molar-refractivity contribution in [1.29, 1.82) is 0 Å². The van der Waals surface area contributed by atoms with Gasteiger partial charge in [-0.3, -0.25) is 14.7 Å². The van der Waals surface area contributed by atoms with Crippen molar-refractivity contribution in [3.8, 4) is 11.5 Å². The van der Waals surface area contributed by atoms with Crippen molar-refractivity contribution in [3.05, 3.63) is 66.3 Å². The minimum Gasteiger partial charge on any atom is -0.504 e. The molecule has 0 aliphatic heterocycles. The van der Waals surface area contributed by atoms with Crippen LogP contribution in [0.3, 0.4) is 0 Å². The lowest BCUT2D eigenvalue weighted by atomic mass is 10.1. The number of aromatic hydroxyl groups is 2. The second-order valence-corrected chi connectivity index (χ2v) is 6.72. The fourth-order valence-corrected chi connectivity index (χ4v) is 3.06. The van der Waals surface area contributed by atoms with Gasteiger partial charge < -0.3 is 10.2 Å². The number of phenolic OH excluding ortho intramolecular Hbond substituents is 2. The molecule has 0 saturated carbocycles. The van der Waals surface area contributed by atoms with Crippen LogP contribution in [0.2, 0.25) is 0 Å². The molecule has 2 rings (SSSR count). The predicted molar refractivity (Wildman–Crippen MR) is 95.1 cm³/mol. The minimum absolute atomic E-state index is 0.0282. The average molecular weight is 376 g/mol. The number of allylic oxidation sites excluding steroid dienone is 2. The van der Waals surface area contributed by atoms with Crippen LogP contribution < -0.4 is 10.2 Å². The molecule has 0 bridgehead atoms. The Morgan fingerprint density at radius 3 is 2.31 bits per heavy atom. The zero-order chi connectivity index (χ0) is 19.2. The lowest BCUT2D eigenvalue weighted by Crippen LogP contribution is -2.14. The molecule has 0 fully saturated rings. The number of rotatable bonds is 6. The number of hydroxylamine groups is 1. The van der Waals surface area contributed by atoms with Crippen LogP contribution in [0.4, 0.5) is 5.69 Å². The first-order valence-corrected chi connectivity index (χ1v) is 8.74. The Kier molecular flexibility index (Phi) is 5.99. The fraction of sp³-hybridized carbons (Fsp3) is 0. The maximum atomic E-state index is 12.4. The maximum absolute atomic E-state index is 12.4. The zero-order valence-corrected chi connectivity index (χ0v) is 14.1. The van der Waals surface area contributed by atoms with Crippen LogP contribution >= 0.6 is 0 Å². The summed E-state index contributed by atoms with van der Waals surface area (Å²) >= 11 is 0. The van der Waals surface area contributed by atoms with Crippen molar-refractivity contribution in [2.24, 2.45) is 0 Å².